The monoisotopic (exact) mass is 257 g/mol. The van der Waals surface area contributed by atoms with Crippen molar-refractivity contribution in [3.8, 4) is 0 Å². The zero-order chi connectivity index (χ0) is 12.8. The van der Waals surface area contributed by atoms with E-state index in [-0.39, 0.29) is 10.8 Å². The molecule has 0 fully saturated rings. The standard InChI is InChI=1S/C12H16FNO2S/c1-14(6-3-7-16-2)12(15)9-4-5-10(13)11(17)8-9/h4-5,8,17H,3,6-7H2,1-2H3. The van der Waals surface area contributed by atoms with Crippen molar-refractivity contribution in [1.82, 2.24) is 4.90 Å². The highest BCUT2D eigenvalue weighted by molar-refractivity contribution is 7.80. The lowest BCUT2D eigenvalue weighted by molar-refractivity contribution is 0.0779. The molecule has 0 spiro atoms. The fourth-order valence-electron chi connectivity index (χ4n) is 1.41. The van der Waals surface area contributed by atoms with Gasteiger partial charge in [-0.25, -0.2) is 4.39 Å². The maximum absolute atomic E-state index is 13.0. The van der Waals surface area contributed by atoms with Crippen LogP contribution in [0.3, 0.4) is 0 Å². The van der Waals surface area contributed by atoms with Gasteiger partial charge in [0.2, 0.25) is 0 Å². The summed E-state index contributed by atoms with van der Waals surface area (Å²) in [5.41, 5.74) is 0.441. The minimum absolute atomic E-state index is 0.142. The van der Waals surface area contributed by atoms with E-state index in [0.717, 1.165) is 6.42 Å². The van der Waals surface area contributed by atoms with Gasteiger partial charge in [0.25, 0.3) is 5.91 Å². The Labute approximate surface area is 106 Å². The molecule has 0 saturated carbocycles. The first-order valence-corrected chi connectivity index (χ1v) is 5.74. The Kier molecular flexibility index (Phi) is 5.44. The van der Waals surface area contributed by atoms with Crippen LogP contribution >= 0.6 is 12.6 Å². The predicted octanol–water partition coefficient (Wildman–Crippen LogP) is 2.22. The van der Waals surface area contributed by atoms with Crippen LogP contribution in [-0.2, 0) is 4.74 Å². The van der Waals surface area contributed by atoms with Crippen molar-refractivity contribution in [3.05, 3.63) is 29.6 Å². The molecule has 0 aliphatic carbocycles. The van der Waals surface area contributed by atoms with Gasteiger partial charge in [0.1, 0.15) is 5.82 Å². The smallest absolute Gasteiger partial charge is 0.253 e. The van der Waals surface area contributed by atoms with Gasteiger partial charge >= 0.3 is 0 Å². The summed E-state index contributed by atoms with van der Waals surface area (Å²) in [4.78, 5) is 13.7. The number of rotatable bonds is 5. The van der Waals surface area contributed by atoms with E-state index in [1.54, 1.807) is 19.1 Å². The molecule has 1 aromatic carbocycles. The van der Waals surface area contributed by atoms with Gasteiger partial charge in [-0.1, -0.05) is 0 Å². The molecule has 0 heterocycles. The first-order chi connectivity index (χ1) is 8.06. The third-order valence-corrected chi connectivity index (χ3v) is 2.72. The van der Waals surface area contributed by atoms with Crippen LogP contribution in [-0.4, -0.2) is 38.1 Å². The van der Waals surface area contributed by atoms with Gasteiger partial charge in [0.15, 0.2) is 0 Å². The van der Waals surface area contributed by atoms with Crippen LogP contribution in [0.4, 0.5) is 4.39 Å². The molecule has 0 radical (unpaired) electrons. The van der Waals surface area contributed by atoms with Crippen LogP contribution < -0.4 is 0 Å². The molecular formula is C12H16FNO2S. The number of hydrogen-bond donors (Lipinski definition) is 1. The maximum Gasteiger partial charge on any atom is 0.253 e. The summed E-state index contributed by atoms with van der Waals surface area (Å²) >= 11 is 3.95. The lowest BCUT2D eigenvalue weighted by Gasteiger charge is -2.17. The third-order valence-electron chi connectivity index (χ3n) is 2.38. The molecule has 1 aromatic rings. The molecule has 3 nitrogen and oxygen atoms in total. The van der Waals surface area contributed by atoms with Gasteiger partial charge in [0.05, 0.1) is 0 Å². The number of nitrogens with zero attached hydrogens (tertiary/aromatic N) is 1. The Bertz CT molecular complexity index is 398. The second-order valence-electron chi connectivity index (χ2n) is 3.74. The minimum Gasteiger partial charge on any atom is -0.385 e. The van der Waals surface area contributed by atoms with E-state index in [1.165, 1.54) is 18.2 Å². The zero-order valence-corrected chi connectivity index (χ0v) is 10.8. The first kappa shape index (κ1) is 14.0. The number of carbonyl (C=O) groups is 1. The summed E-state index contributed by atoms with van der Waals surface area (Å²) < 4.78 is 17.9. The number of methoxy groups -OCH3 is 1. The Hall–Kier alpha value is -1.07. The molecule has 5 heteroatoms. The molecule has 0 atom stereocenters. The van der Waals surface area contributed by atoms with E-state index in [1.807, 2.05) is 0 Å². The fourth-order valence-corrected chi connectivity index (χ4v) is 1.63. The lowest BCUT2D eigenvalue weighted by atomic mass is 10.2. The molecule has 0 saturated heterocycles. The highest BCUT2D eigenvalue weighted by Crippen LogP contribution is 2.15. The summed E-state index contributed by atoms with van der Waals surface area (Å²) in [7, 11) is 3.33. The van der Waals surface area contributed by atoms with Crippen molar-refractivity contribution in [2.24, 2.45) is 0 Å². The number of halogens is 1. The Morgan fingerprint density at radius 1 is 1.53 bits per heavy atom. The largest absolute Gasteiger partial charge is 0.385 e. The lowest BCUT2D eigenvalue weighted by Crippen LogP contribution is -2.28. The van der Waals surface area contributed by atoms with Gasteiger partial charge in [-0.3, -0.25) is 4.79 Å². The van der Waals surface area contributed by atoms with Gasteiger partial charge < -0.3 is 9.64 Å². The van der Waals surface area contributed by atoms with Crippen molar-refractivity contribution < 1.29 is 13.9 Å². The molecule has 94 valence electrons. The van der Waals surface area contributed by atoms with E-state index in [0.29, 0.717) is 18.7 Å². The van der Waals surface area contributed by atoms with Crippen LogP contribution in [0.25, 0.3) is 0 Å². The molecule has 1 rings (SSSR count). The summed E-state index contributed by atoms with van der Waals surface area (Å²) in [6, 6.07) is 4.15. The molecule has 0 bridgehead atoms. The highest BCUT2D eigenvalue weighted by Gasteiger charge is 2.12. The molecule has 1 amide bonds. The molecule has 0 unspecified atom stereocenters. The van der Waals surface area contributed by atoms with Crippen LogP contribution in [0.1, 0.15) is 16.8 Å². The quantitative estimate of drug-likeness (QED) is 0.647. The van der Waals surface area contributed by atoms with Crippen molar-refractivity contribution in [3.63, 3.8) is 0 Å². The number of carbonyl (C=O) groups excluding carboxylic acids is 1. The van der Waals surface area contributed by atoms with E-state index < -0.39 is 5.82 Å². The fraction of sp³-hybridized carbons (Fsp3) is 0.417. The molecule has 0 aliphatic heterocycles. The van der Waals surface area contributed by atoms with E-state index in [9.17, 15) is 9.18 Å². The highest BCUT2D eigenvalue weighted by atomic mass is 32.1. The van der Waals surface area contributed by atoms with E-state index >= 15 is 0 Å². The minimum atomic E-state index is -0.424. The average molecular weight is 257 g/mol. The van der Waals surface area contributed by atoms with Crippen molar-refractivity contribution in [2.75, 3.05) is 27.3 Å². The summed E-state index contributed by atoms with van der Waals surface area (Å²) in [5.74, 6) is -0.566. The average Bonchev–Trinajstić information content (AvgIpc) is 2.32. The number of ether oxygens (including phenoxy) is 1. The molecule has 17 heavy (non-hydrogen) atoms. The normalized spacial score (nSPS) is 10.4. The molecule has 0 N–H and O–H groups in total. The zero-order valence-electron chi connectivity index (χ0n) is 9.94. The number of hydrogen-bond acceptors (Lipinski definition) is 3. The van der Waals surface area contributed by atoms with E-state index in [2.05, 4.69) is 12.6 Å². The van der Waals surface area contributed by atoms with Crippen molar-refractivity contribution in [1.29, 1.82) is 0 Å². The molecule has 0 aliphatic rings. The third kappa shape index (κ3) is 4.02. The SMILES string of the molecule is COCCCN(C)C(=O)c1ccc(F)c(S)c1. The summed E-state index contributed by atoms with van der Waals surface area (Å²) in [5, 5.41) is 0. The summed E-state index contributed by atoms with van der Waals surface area (Å²) in [6.45, 7) is 1.21. The van der Waals surface area contributed by atoms with Crippen LogP contribution in [0.2, 0.25) is 0 Å². The maximum atomic E-state index is 13.0. The van der Waals surface area contributed by atoms with Gasteiger partial charge in [-0.15, -0.1) is 12.6 Å². The van der Waals surface area contributed by atoms with Crippen LogP contribution in [0.15, 0.2) is 23.1 Å². The second kappa shape index (κ2) is 6.61. The van der Waals surface area contributed by atoms with Crippen molar-refractivity contribution >= 4 is 18.5 Å². The molecular weight excluding hydrogens is 241 g/mol. The second-order valence-corrected chi connectivity index (χ2v) is 4.22. The number of thiol groups is 1. The van der Waals surface area contributed by atoms with Gasteiger partial charge in [-0.05, 0) is 24.6 Å². The Balaban J connectivity index is 2.65. The number of amides is 1. The Morgan fingerprint density at radius 2 is 2.24 bits per heavy atom. The van der Waals surface area contributed by atoms with Crippen LogP contribution in [0, 0.1) is 5.82 Å². The number of benzene rings is 1. The van der Waals surface area contributed by atoms with Crippen LogP contribution in [0.5, 0.6) is 0 Å². The molecule has 0 aromatic heterocycles. The van der Waals surface area contributed by atoms with Gasteiger partial charge in [0, 0.05) is 37.8 Å². The van der Waals surface area contributed by atoms with Crippen molar-refractivity contribution in [2.45, 2.75) is 11.3 Å². The van der Waals surface area contributed by atoms with Gasteiger partial charge in [-0.2, -0.15) is 0 Å². The van der Waals surface area contributed by atoms with E-state index in [4.69, 9.17) is 4.74 Å². The summed E-state index contributed by atoms with van der Waals surface area (Å²) in [6.07, 6.45) is 0.771. The first-order valence-electron chi connectivity index (χ1n) is 5.29. The Morgan fingerprint density at radius 3 is 2.82 bits per heavy atom. The topological polar surface area (TPSA) is 29.5 Å². The predicted molar refractivity (Wildman–Crippen MR) is 67.1 cm³/mol.